The van der Waals surface area contributed by atoms with Gasteiger partial charge in [-0.15, -0.1) is 0 Å². The average molecular weight is 445 g/mol. The summed E-state index contributed by atoms with van der Waals surface area (Å²) in [6.45, 7) is 4.31. The van der Waals surface area contributed by atoms with E-state index in [1.165, 1.54) is 0 Å². The Hall–Kier alpha value is -2.62. The predicted octanol–water partition coefficient (Wildman–Crippen LogP) is 1.81. The van der Waals surface area contributed by atoms with Crippen molar-refractivity contribution < 1.29 is 17.9 Å². The van der Waals surface area contributed by atoms with E-state index in [1.807, 2.05) is 6.07 Å². The van der Waals surface area contributed by atoms with Gasteiger partial charge in [0.1, 0.15) is 0 Å². The molecule has 31 heavy (non-hydrogen) atoms. The molecule has 2 aromatic carbocycles. The van der Waals surface area contributed by atoms with Crippen LogP contribution in [0.4, 0.5) is 11.4 Å². The molecule has 2 saturated heterocycles. The first kappa shape index (κ1) is 21.6. The van der Waals surface area contributed by atoms with E-state index in [-0.39, 0.29) is 16.9 Å². The second-order valence-electron chi connectivity index (χ2n) is 7.73. The number of sulfonamides is 1. The van der Waals surface area contributed by atoms with Gasteiger partial charge in [-0.2, -0.15) is 0 Å². The van der Waals surface area contributed by atoms with Gasteiger partial charge in [-0.25, -0.2) is 8.42 Å². The van der Waals surface area contributed by atoms with Gasteiger partial charge in [0.2, 0.25) is 0 Å². The molecule has 0 unspecified atom stereocenters. The van der Waals surface area contributed by atoms with Gasteiger partial charge in [0, 0.05) is 44.9 Å². The number of hydrogen-bond donors (Lipinski definition) is 3. The lowest BCUT2D eigenvalue weighted by molar-refractivity contribution is 0.0858. The maximum atomic E-state index is 13.0. The second kappa shape index (κ2) is 9.67. The second-order valence-corrected chi connectivity index (χ2v) is 9.41. The summed E-state index contributed by atoms with van der Waals surface area (Å²) < 4.78 is 34.2. The SMILES string of the molecule is O=C(NC[C@@H]1CCCO1)c1ccc(N2CCNCC2)c(NS(=O)(=O)c2ccccc2)c1. The maximum absolute atomic E-state index is 13.0. The molecule has 0 radical (unpaired) electrons. The fraction of sp³-hybridized carbons (Fsp3) is 0.409. The molecule has 0 aromatic heterocycles. The van der Waals surface area contributed by atoms with Crippen LogP contribution in [-0.2, 0) is 14.8 Å². The van der Waals surface area contributed by atoms with Crippen molar-refractivity contribution in [1.82, 2.24) is 10.6 Å². The predicted molar refractivity (Wildman–Crippen MR) is 120 cm³/mol. The number of nitrogens with zero attached hydrogens (tertiary/aromatic N) is 1. The van der Waals surface area contributed by atoms with Crippen LogP contribution in [0.5, 0.6) is 0 Å². The lowest BCUT2D eigenvalue weighted by Gasteiger charge is -2.31. The topological polar surface area (TPSA) is 99.8 Å². The number of rotatable bonds is 7. The van der Waals surface area contributed by atoms with E-state index in [0.717, 1.165) is 51.3 Å². The normalized spacial score (nSPS) is 19.2. The van der Waals surface area contributed by atoms with Gasteiger partial charge in [-0.05, 0) is 43.2 Å². The van der Waals surface area contributed by atoms with Gasteiger partial charge in [0.05, 0.1) is 22.4 Å². The molecule has 2 heterocycles. The summed E-state index contributed by atoms with van der Waals surface area (Å²) in [4.78, 5) is 15.0. The third-order valence-corrected chi connectivity index (χ3v) is 6.91. The van der Waals surface area contributed by atoms with Crippen LogP contribution < -0.4 is 20.3 Å². The molecule has 9 heteroatoms. The Morgan fingerprint density at radius 3 is 2.61 bits per heavy atom. The number of benzene rings is 2. The van der Waals surface area contributed by atoms with Crippen LogP contribution in [0, 0.1) is 0 Å². The fourth-order valence-corrected chi connectivity index (χ4v) is 4.94. The van der Waals surface area contributed by atoms with Crippen LogP contribution in [0.15, 0.2) is 53.4 Å². The highest BCUT2D eigenvalue weighted by Crippen LogP contribution is 2.30. The molecule has 2 aliphatic heterocycles. The van der Waals surface area contributed by atoms with Gasteiger partial charge in [-0.3, -0.25) is 9.52 Å². The number of anilines is 2. The highest BCUT2D eigenvalue weighted by molar-refractivity contribution is 7.92. The molecule has 1 atom stereocenters. The van der Waals surface area contributed by atoms with E-state index in [9.17, 15) is 13.2 Å². The lowest BCUT2D eigenvalue weighted by Crippen LogP contribution is -2.43. The Morgan fingerprint density at radius 1 is 1.13 bits per heavy atom. The summed E-state index contributed by atoms with van der Waals surface area (Å²) in [5, 5.41) is 6.19. The highest BCUT2D eigenvalue weighted by Gasteiger charge is 2.22. The van der Waals surface area contributed by atoms with Crippen LogP contribution >= 0.6 is 0 Å². The molecule has 0 bridgehead atoms. The van der Waals surface area contributed by atoms with Gasteiger partial charge >= 0.3 is 0 Å². The molecule has 2 fully saturated rings. The number of hydrogen-bond acceptors (Lipinski definition) is 6. The summed E-state index contributed by atoms with van der Waals surface area (Å²) in [6, 6.07) is 13.4. The molecule has 0 saturated carbocycles. The van der Waals surface area contributed by atoms with Crippen molar-refractivity contribution in [1.29, 1.82) is 0 Å². The van der Waals surface area contributed by atoms with E-state index < -0.39 is 10.0 Å². The minimum atomic E-state index is -3.79. The number of carbonyl (C=O) groups is 1. The van der Waals surface area contributed by atoms with E-state index in [2.05, 4.69) is 20.3 Å². The third-order valence-electron chi connectivity index (χ3n) is 5.53. The first-order chi connectivity index (χ1) is 15.0. The number of piperazine rings is 1. The molecular formula is C22H28N4O4S. The van der Waals surface area contributed by atoms with Crippen molar-refractivity contribution in [3.8, 4) is 0 Å². The number of ether oxygens (including phenoxy) is 1. The Morgan fingerprint density at radius 2 is 1.90 bits per heavy atom. The van der Waals surface area contributed by atoms with Gasteiger partial charge in [-0.1, -0.05) is 18.2 Å². The number of nitrogens with one attached hydrogen (secondary N) is 3. The van der Waals surface area contributed by atoms with Crippen LogP contribution in [0.2, 0.25) is 0 Å². The summed E-state index contributed by atoms with van der Waals surface area (Å²) in [5.41, 5.74) is 1.56. The first-order valence-electron chi connectivity index (χ1n) is 10.6. The Kier molecular flexibility index (Phi) is 6.74. The number of amides is 1. The summed E-state index contributed by atoms with van der Waals surface area (Å²) >= 11 is 0. The molecular weight excluding hydrogens is 416 g/mol. The van der Waals surface area contributed by atoms with E-state index in [4.69, 9.17) is 4.74 Å². The molecule has 0 aliphatic carbocycles. The zero-order valence-electron chi connectivity index (χ0n) is 17.3. The lowest BCUT2D eigenvalue weighted by atomic mass is 10.1. The molecule has 3 N–H and O–H groups in total. The van der Waals surface area contributed by atoms with E-state index in [1.54, 1.807) is 42.5 Å². The molecule has 8 nitrogen and oxygen atoms in total. The van der Waals surface area contributed by atoms with Crippen molar-refractivity contribution in [3.63, 3.8) is 0 Å². The van der Waals surface area contributed by atoms with Crippen molar-refractivity contribution in [3.05, 3.63) is 54.1 Å². The van der Waals surface area contributed by atoms with Crippen LogP contribution in [0.3, 0.4) is 0 Å². The third kappa shape index (κ3) is 5.36. The van der Waals surface area contributed by atoms with Crippen molar-refractivity contribution >= 4 is 27.3 Å². The monoisotopic (exact) mass is 444 g/mol. The summed E-state index contributed by atoms with van der Waals surface area (Å²) in [6.07, 6.45) is 1.98. The minimum absolute atomic E-state index is 0.0418. The largest absolute Gasteiger partial charge is 0.376 e. The first-order valence-corrected chi connectivity index (χ1v) is 12.1. The summed E-state index contributed by atoms with van der Waals surface area (Å²) in [5.74, 6) is -0.248. The van der Waals surface area contributed by atoms with Gasteiger partial charge in [0.15, 0.2) is 0 Å². The quantitative estimate of drug-likeness (QED) is 0.602. The Labute approximate surface area is 183 Å². The molecule has 166 valence electrons. The Bertz CT molecular complexity index is 1000. The maximum Gasteiger partial charge on any atom is 0.261 e. The summed E-state index contributed by atoms with van der Waals surface area (Å²) in [7, 11) is -3.79. The Balaban J connectivity index is 1.59. The minimum Gasteiger partial charge on any atom is -0.376 e. The smallest absolute Gasteiger partial charge is 0.261 e. The van der Waals surface area contributed by atoms with Crippen LogP contribution in [0.1, 0.15) is 23.2 Å². The zero-order valence-corrected chi connectivity index (χ0v) is 18.2. The van der Waals surface area contributed by atoms with Gasteiger partial charge < -0.3 is 20.3 Å². The molecule has 0 spiro atoms. The zero-order chi connectivity index (χ0) is 21.7. The fourth-order valence-electron chi connectivity index (χ4n) is 3.86. The van der Waals surface area contributed by atoms with Crippen LogP contribution in [-0.4, -0.2) is 59.8 Å². The molecule has 2 aromatic rings. The van der Waals surface area contributed by atoms with Crippen LogP contribution in [0.25, 0.3) is 0 Å². The molecule has 2 aliphatic rings. The standard InChI is InChI=1S/C22H28N4O4S/c27-22(24-16-18-5-4-14-30-18)17-8-9-21(26-12-10-23-11-13-26)20(15-17)25-31(28,29)19-6-2-1-3-7-19/h1-3,6-9,15,18,23,25H,4-5,10-14,16H2,(H,24,27)/t18-/m0/s1. The van der Waals surface area contributed by atoms with E-state index >= 15 is 0 Å². The van der Waals surface area contributed by atoms with Crippen molar-refractivity contribution in [2.45, 2.75) is 23.8 Å². The number of carbonyl (C=O) groups excluding carboxylic acids is 1. The molecule has 1 amide bonds. The highest BCUT2D eigenvalue weighted by atomic mass is 32.2. The van der Waals surface area contributed by atoms with Gasteiger partial charge in [0.25, 0.3) is 15.9 Å². The van der Waals surface area contributed by atoms with Crippen molar-refractivity contribution in [2.75, 3.05) is 49.0 Å². The van der Waals surface area contributed by atoms with Crippen molar-refractivity contribution in [2.24, 2.45) is 0 Å². The van der Waals surface area contributed by atoms with E-state index in [0.29, 0.717) is 17.8 Å². The molecule has 4 rings (SSSR count). The average Bonchev–Trinajstić information content (AvgIpc) is 3.32.